The molecular formula is C23H29FN6O2. The minimum atomic E-state index is -0.270. The van der Waals surface area contributed by atoms with Crippen molar-refractivity contribution in [1.29, 1.82) is 0 Å². The first-order valence-electron chi connectivity index (χ1n) is 10.7. The van der Waals surface area contributed by atoms with Gasteiger partial charge in [0, 0.05) is 70.8 Å². The van der Waals surface area contributed by atoms with Gasteiger partial charge in [0.05, 0.1) is 18.9 Å². The van der Waals surface area contributed by atoms with Crippen molar-refractivity contribution in [2.75, 3.05) is 45.3 Å². The topological polar surface area (TPSA) is 68.5 Å². The Morgan fingerprint density at radius 3 is 2.66 bits per heavy atom. The van der Waals surface area contributed by atoms with Crippen LogP contribution in [0, 0.1) is 5.82 Å². The Kier molecular flexibility index (Phi) is 6.96. The molecule has 3 heterocycles. The number of hydrogen-bond donors (Lipinski definition) is 0. The van der Waals surface area contributed by atoms with Gasteiger partial charge in [0.2, 0.25) is 5.95 Å². The lowest BCUT2D eigenvalue weighted by Crippen LogP contribution is -2.38. The second kappa shape index (κ2) is 10.1. The Morgan fingerprint density at radius 1 is 1.19 bits per heavy atom. The summed E-state index contributed by atoms with van der Waals surface area (Å²) in [6, 6.07) is 8.14. The van der Waals surface area contributed by atoms with E-state index < -0.39 is 0 Å². The summed E-state index contributed by atoms with van der Waals surface area (Å²) in [7, 11) is 5.79. The Morgan fingerprint density at radius 2 is 1.94 bits per heavy atom. The van der Waals surface area contributed by atoms with E-state index in [0.717, 1.165) is 36.6 Å². The van der Waals surface area contributed by atoms with E-state index in [1.54, 1.807) is 12.1 Å². The lowest BCUT2D eigenvalue weighted by molar-refractivity contribution is -0.0352. The minimum absolute atomic E-state index is 0.0799. The molecular weight excluding hydrogens is 411 g/mol. The average Bonchev–Trinajstić information content (AvgIpc) is 3.16. The monoisotopic (exact) mass is 440 g/mol. The van der Waals surface area contributed by atoms with Gasteiger partial charge < -0.3 is 14.4 Å². The molecule has 9 heteroatoms. The molecule has 170 valence electrons. The summed E-state index contributed by atoms with van der Waals surface area (Å²) in [5.41, 5.74) is 3.07. The van der Waals surface area contributed by atoms with E-state index in [0.29, 0.717) is 31.3 Å². The van der Waals surface area contributed by atoms with Crippen LogP contribution in [0.4, 0.5) is 10.3 Å². The molecule has 0 radical (unpaired) electrons. The highest BCUT2D eigenvalue weighted by atomic mass is 19.1. The van der Waals surface area contributed by atoms with Crippen LogP contribution in [0.15, 0.2) is 42.7 Å². The van der Waals surface area contributed by atoms with Gasteiger partial charge in [-0.3, -0.25) is 9.58 Å². The molecule has 1 aromatic carbocycles. The normalized spacial score (nSPS) is 16.8. The molecule has 1 saturated heterocycles. The molecule has 0 amide bonds. The molecule has 1 atom stereocenters. The number of hydrogen-bond acceptors (Lipinski definition) is 7. The van der Waals surface area contributed by atoms with Gasteiger partial charge in [-0.05, 0) is 30.3 Å². The third-order valence-corrected chi connectivity index (χ3v) is 5.41. The molecule has 0 aliphatic carbocycles. The van der Waals surface area contributed by atoms with Crippen LogP contribution in [-0.2, 0) is 24.8 Å². The van der Waals surface area contributed by atoms with Crippen LogP contribution in [0.25, 0.3) is 0 Å². The minimum Gasteiger partial charge on any atom is -0.493 e. The predicted octanol–water partition coefficient (Wildman–Crippen LogP) is 2.61. The van der Waals surface area contributed by atoms with Crippen LogP contribution in [0.2, 0.25) is 0 Å². The third-order valence-electron chi connectivity index (χ3n) is 5.41. The zero-order chi connectivity index (χ0) is 22.5. The van der Waals surface area contributed by atoms with Gasteiger partial charge >= 0.3 is 0 Å². The fourth-order valence-electron chi connectivity index (χ4n) is 3.67. The average molecular weight is 441 g/mol. The Bertz CT molecular complexity index is 1010. The quantitative estimate of drug-likeness (QED) is 0.533. The molecule has 0 unspecified atom stereocenters. The zero-order valence-corrected chi connectivity index (χ0v) is 18.7. The highest BCUT2D eigenvalue weighted by molar-refractivity contribution is 5.26. The Labute approximate surface area is 187 Å². The summed E-state index contributed by atoms with van der Waals surface area (Å²) in [6.07, 6.45) is 4.38. The van der Waals surface area contributed by atoms with Crippen LogP contribution >= 0.6 is 0 Å². The van der Waals surface area contributed by atoms with Gasteiger partial charge in [-0.1, -0.05) is 0 Å². The Balaban J connectivity index is 1.32. The number of halogens is 1. The van der Waals surface area contributed by atoms with E-state index in [9.17, 15) is 4.39 Å². The van der Waals surface area contributed by atoms with Gasteiger partial charge in [0.25, 0.3) is 0 Å². The Hall–Kier alpha value is -3.04. The third kappa shape index (κ3) is 5.60. The molecule has 0 bridgehead atoms. The maximum absolute atomic E-state index is 13.0. The molecule has 0 spiro atoms. The van der Waals surface area contributed by atoms with Crippen molar-refractivity contribution >= 4 is 5.95 Å². The number of aromatic nitrogens is 4. The number of nitrogens with zero attached hydrogens (tertiary/aromatic N) is 6. The lowest BCUT2D eigenvalue weighted by atomic mass is 10.1. The summed E-state index contributed by atoms with van der Waals surface area (Å²) in [5, 5.41) is 4.67. The molecule has 3 aromatic rings. The SMILES string of the molecule is CN(C)c1ncc(CN2CCO[C@@H](c3cc(CCOc4ccc(F)cc4)n(C)n3)C2)cn1. The van der Waals surface area contributed by atoms with E-state index >= 15 is 0 Å². The van der Waals surface area contributed by atoms with Crippen LogP contribution in [0.3, 0.4) is 0 Å². The van der Waals surface area contributed by atoms with Crippen molar-refractivity contribution in [3.05, 3.63) is 65.5 Å². The largest absolute Gasteiger partial charge is 0.493 e. The van der Waals surface area contributed by atoms with Crippen LogP contribution in [-0.4, -0.2) is 65.0 Å². The van der Waals surface area contributed by atoms with E-state index in [1.165, 1.54) is 12.1 Å². The van der Waals surface area contributed by atoms with E-state index in [1.807, 2.05) is 43.1 Å². The van der Waals surface area contributed by atoms with Gasteiger partial charge in [-0.25, -0.2) is 14.4 Å². The molecule has 32 heavy (non-hydrogen) atoms. The van der Waals surface area contributed by atoms with Crippen molar-refractivity contribution in [1.82, 2.24) is 24.6 Å². The highest BCUT2D eigenvalue weighted by Crippen LogP contribution is 2.23. The van der Waals surface area contributed by atoms with Gasteiger partial charge in [0.1, 0.15) is 17.7 Å². The number of aryl methyl sites for hydroxylation is 1. The number of morpholine rings is 1. The second-order valence-electron chi connectivity index (χ2n) is 8.12. The molecule has 1 aliphatic heterocycles. The summed E-state index contributed by atoms with van der Waals surface area (Å²) >= 11 is 0. The van der Waals surface area contributed by atoms with Crippen molar-refractivity contribution in [3.8, 4) is 5.75 Å². The van der Waals surface area contributed by atoms with Crippen molar-refractivity contribution in [2.24, 2.45) is 7.05 Å². The van der Waals surface area contributed by atoms with E-state index in [-0.39, 0.29) is 11.9 Å². The summed E-state index contributed by atoms with van der Waals surface area (Å²) in [5.74, 6) is 1.09. The first-order chi connectivity index (χ1) is 15.5. The molecule has 8 nitrogen and oxygen atoms in total. The molecule has 4 rings (SSSR count). The molecule has 0 saturated carbocycles. The van der Waals surface area contributed by atoms with Crippen molar-refractivity contribution in [2.45, 2.75) is 19.1 Å². The van der Waals surface area contributed by atoms with Gasteiger partial charge in [-0.2, -0.15) is 5.10 Å². The fourth-order valence-corrected chi connectivity index (χ4v) is 3.67. The van der Waals surface area contributed by atoms with Crippen molar-refractivity contribution in [3.63, 3.8) is 0 Å². The first kappa shape index (κ1) is 22.2. The van der Waals surface area contributed by atoms with Gasteiger partial charge in [0.15, 0.2) is 0 Å². The maximum atomic E-state index is 13.0. The zero-order valence-electron chi connectivity index (χ0n) is 18.7. The second-order valence-corrected chi connectivity index (χ2v) is 8.12. The lowest BCUT2D eigenvalue weighted by Gasteiger charge is -2.32. The summed E-state index contributed by atoms with van der Waals surface area (Å²) < 4.78 is 26.6. The van der Waals surface area contributed by atoms with Crippen LogP contribution in [0.5, 0.6) is 5.75 Å². The maximum Gasteiger partial charge on any atom is 0.224 e. The fraction of sp³-hybridized carbons (Fsp3) is 0.435. The number of anilines is 1. The van der Waals surface area contributed by atoms with E-state index in [4.69, 9.17) is 9.47 Å². The molecule has 2 aromatic heterocycles. The van der Waals surface area contributed by atoms with Crippen LogP contribution < -0.4 is 9.64 Å². The van der Waals surface area contributed by atoms with Crippen LogP contribution in [0.1, 0.15) is 23.1 Å². The highest BCUT2D eigenvalue weighted by Gasteiger charge is 2.25. The van der Waals surface area contributed by atoms with Gasteiger partial charge in [-0.15, -0.1) is 0 Å². The standard InChI is InChI=1S/C23H29FN6O2/c1-28(2)23-25-13-17(14-26-23)15-30-9-11-32-22(16-30)21-12-19(29(3)27-21)8-10-31-20-6-4-18(24)5-7-20/h4-7,12-14,22H,8-11,15-16H2,1-3H3/t22-/m1/s1. The number of ether oxygens (including phenoxy) is 2. The number of benzene rings is 1. The first-order valence-corrected chi connectivity index (χ1v) is 10.7. The smallest absolute Gasteiger partial charge is 0.224 e. The van der Waals surface area contributed by atoms with Crippen molar-refractivity contribution < 1.29 is 13.9 Å². The van der Waals surface area contributed by atoms with E-state index in [2.05, 4.69) is 26.0 Å². The summed E-state index contributed by atoms with van der Waals surface area (Å²) in [6.45, 7) is 3.54. The summed E-state index contributed by atoms with van der Waals surface area (Å²) in [4.78, 5) is 13.0. The molecule has 1 aliphatic rings. The predicted molar refractivity (Wildman–Crippen MR) is 119 cm³/mol. The number of rotatable bonds is 8. The molecule has 0 N–H and O–H groups in total. The molecule has 1 fully saturated rings.